The van der Waals surface area contributed by atoms with Gasteiger partial charge in [0.25, 0.3) is 0 Å². The van der Waals surface area contributed by atoms with E-state index in [2.05, 4.69) is 35.7 Å². The number of thioether (sulfide) groups is 1. The predicted molar refractivity (Wildman–Crippen MR) is 77.7 cm³/mol. The van der Waals surface area contributed by atoms with Crippen molar-refractivity contribution in [1.82, 2.24) is 4.90 Å². The first-order valence-corrected chi connectivity index (χ1v) is 7.57. The molecule has 0 saturated carbocycles. The normalized spacial score (nSPS) is 19.1. The van der Waals surface area contributed by atoms with Crippen molar-refractivity contribution in [2.75, 3.05) is 36.9 Å². The third-order valence-electron chi connectivity index (χ3n) is 3.49. The minimum absolute atomic E-state index is 0.630. The molecule has 17 heavy (non-hydrogen) atoms. The molecule has 1 unspecified atom stereocenters. The maximum Gasteiger partial charge on any atom is 0.0314 e. The molecule has 1 aromatic carbocycles. The molecule has 0 radical (unpaired) electrons. The van der Waals surface area contributed by atoms with E-state index in [0.717, 1.165) is 5.69 Å². The van der Waals surface area contributed by atoms with Gasteiger partial charge in [0.15, 0.2) is 0 Å². The summed E-state index contributed by atoms with van der Waals surface area (Å²) in [5.41, 5.74) is 7.97. The Morgan fingerprint density at radius 1 is 1.24 bits per heavy atom. The summed E-state index contributed by atoms with van der Waals surface area (Å²) in [6.45, 7) is 6.06. The fourth-order valence-electron chi connectivity index (χ4n) is 2.19. The Kier molecular flexibility index (Phi) is 4.75. The van der Waals surface area contributed by atoms with Crippen molar-refractivity contribution in [1.29, 1.82) is 0 Å². The average Bonchev–Trinajstić information content (AvgIpc) is 2.38. The van der Waals surface area contributed by atoms with Crippen LogP contribution in [-0.4, -0.2) is 36.0 Å². The number of nitrogens with zero attached hydrogens (tertiary/aromatic N) is 1. The first kappa shape index (κ1) is 12.8. The van der Waals surface area contributed by atoms with Crippen LogP contribution < -0.4 is 5.73 Å². The zero-order chi connectivity index (χ0) is 12.1. The molecule has 1 aromatic rings. The van der Waals surface area contributed by atoms with Crippen molar-refractivity contribution in [2.45, 2.75) is 19.3 Å². The van der Waals surface area contributed by atoms with Crippen molar-refractivity contribution in [2.24, 2.45) is 0 Å². The third-order valence-corrected chi connectivity index (χ3v) is 4.43. The number of rotatable bonds is 4. The zero-order valence-electron chi connectivity index (χ0n) is 10.6. The van der Waals surface area contributed by atoms with Crippen molar-refractivity contribution in [3.05, 3.63) is 29.8 Å². The smallest absolute Gasteiger partial charge is 0.0314 e. The van der Waals surface area contributed by atoms with Crippen LogP contribution in [0, 0.1) is 0 Å². The van der Waals surface area contributed by atoms with Gasteiger partial charge in [-0.1, -0.05) is 19.1 Å². The highest BCUT2D eigenvalue weighted by molar-refractivity contribution is 7.99. The second kappa shape index (κ2) is 6.31. The van der Waals surface area contributed by atoms with Gasteiger partial charge in [0.05, 0.1) is 0 Å². The van der Waals surface area contributed by atoms with Crippen LogP contribution in [0.2, 0.25) is 0 Å². The Morgan fingerprint density at radius 2 is 1.88 bits per heavy atom. The topological polar surface area (TPSA) is 29.3 Å². The minimum Gasteiger partial charge on any atom is -0.399 e. The van der Waals surface area contributed by atoms with E-state index in [9.17, 15) is 0 Å². The lowest BCUT2D eigenvalue weighted by Gasteiger charge is -2.27. The first-order chi connectivity index (χ1) is 8.25. The summed E-state index contributed by atoms with van der Waals surface area (Å²) >= 11 is 2.08. The van der Waals surface area contributed by atoms with Crippen molar-refractivity contribution >= 4 is 17.4 Å². The minimum atomic E-state index is 0.630. The van der Waals surface area contributed by atoms with Crippen LogP contribution >= 0.6 is 11.8 Å². The maximum absolute atomic E-state index is 5.71. The molecule has 1 atom stereocenters. The second-order valence-corrected chi connectivity index (χ2v) is 6.04. The molecular formula is C14H22N2S. The quantitative estimate of drug-likeness (QED) is 0.833. The maximum atomic E-state index is 5.71. The van der Waals surface area contributed by atoms with Crippen LogP contribution in [0.15, 0.2) is 24.3 Å². The Labute approximate surface area is 109 Å². The Balaban J connectivity index is 1.80. The molecule has 94 valence electrons. The van der Waals surface area contributed by atoms with Gasteiger partial charge >= 0.3 is 0 Å². The molecule has 0 aliphatic carbocycles. The van der Waals surface area contributed by atoms with Crippen molar-refractivity contribution < 1.29 is 0 Å². The molecule has 1 fully saturated rings. The third kappa shape index (κ3) is 3.93. The van der Waals surface area contributed by atoms with E-state index in [-0.39, 0.29) is 0 Å². The molecule has 2 rings (SSSR count). The zero-order valence-corrected chi connectivity index (χ0v) is 11.4. The second-order valence-electron chi connectivity index (χ2n) is 4.81. The van der Waals surface area contributed by atoms with Gasteiger partial charge in [-0.2, -0.15) is 11.8 Å². The molecule has 0 spiro atoms. The van der Waals surface area contributed by atoms with Gasteiger partial charge < -0.3 is 10.6 Å². The van der Waals surface area contributed by atoms with Crippen LogP contribution in [0.25, 0.3) is 0 Å². The van der Waals surface area contributed by atoms with E-state index in [1.54, 1.807) is 0 Å². The highest BCUT2D eigenvalue weighted by atomic mass is 32.2. The van der Waals surface area contributed by atoms with E-state index in [1.165, 1.54) is 43.1 Å². The number of hydrogen-bond acceptors (Lipinski definition) is 3. The summed E-state index contributed by atoms with van der Waals surface area (Å²) < 4.78 is 0. The summed E-state index contributed by atoms with van der Waals surface area (Å²) in [5.74, 6) is 3.23. The van der Waals surface area contributed by atoms with Crippen LogP contribution in [0.3, 0.4) is 0 Å². The van der Waals surface area contributed by atoms with Crippen molar-refractivity contribution in [3.63, 3.8) is 0 Å². The Hall–Kier alpha value is -0.670. The SMILES string of the molecule is CC(CCN1CCSCC1)c1ccc(N)cc1. The van der Waals surface area contributed by atoms with Gasteiger partial charge in [0, 0.05) is 30.3 Å². The summed E-state index contributed by atoms with van der Waals surface area (Å²) in [6, 6.07) is 8.32. The number of nitrogens with two attached hydrogens (primary N) is 1. The van der Waals surface area contributed by atoms with Crippen molar-refractivity contribution in [3.8, 4) is 0 Å². The summed E-state index contributed by atoms with van der Waals surface area (Å²) in [6.07, 6.45) is 1.24. The molecule has 1 saturated heterocycles. The Morgan fingerprint density at radius 3 is 2.53 bits per heavy atom. The molecule has 1 aliphatic rings. The number of benzene rings is 1. The largest absolute Gasteiger partial charge is 0.399 e. The summed E-state index contributed by atoms with van der Waals surface area (Å²) in [7, 11) is 0. The summed E-state index contributed by atoms with van der Waals surface area (Å²) in [5, 5.41) is 0. The molecule has 2 N–H and O–H groups in total. The fourth-order valence-corrected chi connectivity index (χ4v) is 3.17. The van der Waals surface area contributed by atoms with E-state index >= 15 is 0 Å². The first-order valence-electron chi connectivity index (χ1n) is 6.41. The molecule has 0 amide bonds. The van der Waals surface area contributed by atoms with E-state index in [1.807, 2.05) is 12.1 Å². The van der Waals surface area contributed by atoms with Gasteiger partial charge in [-0.3, -0.25) is 0 Å². The lowest BCUT2D eigenvalue weighted by molar-refractivity contribution is 0.291. The van der Waals surface area contributed by atoms with E-state index in [4.69, 9.17) is 5.73 Å². The van der Waals surface area contributed by atoms with Crippen LogP contribution in [0.1, 0.15) is 24.8 Å². The lowest BCUT2D eigenvalue weighted by atomic mass is 9.97. The molecule has 1 aliphatic heterocycles. The molecule has 1 heterocycles. The lowest BCUT2D eigenvalue weighted by Crippen LogP contribution is -2.33. The van der Waals surface area contributed by atoms with Gasteiger partial charge in [-0.05, 0) is 36.6 Å². The van der Waals surface area contributed by atoms with Crippen LogP contribution in [-0.2, 0) is 0 Å². The van der Waals surface area contributed by atoms with Gasteiger partial charge in [-0.25, -0.2) is 0 Å². The van der Waals surface area contributed by atoms with Gasteiger partial charge in [-0.15, -0.1) is 0 Å². The standard InChI is InChI=1S/C14H22N2S/c1-12(13-2-4-14(15)5-3-13)6-7-16-8-10-17-11-9-16/h2-5,12H,6-11,15H2,1H3. The van der Waals surface area contributed by atoms with Gasteiger partial charge in [0.2, 0.25) is 0 Å². The number of anilines is 1. The van der Waals surface area contributed by atoms with E-state index < -0.39 is 0 Å². The fraction of sp³-hybridized carbons (Fsp3) is 0.571. The molecule has 0 bridgehead atoms. The molecule has 0 aromatic heterocycles. The average molecular weight is 250 g/mol. The van der Waals surface area contributed by atoms with Gasteiger partial charge in [0.1, 0.15) is 0 Å². The number of hydrogen-bond donors (Lipinski definition) is 1. The molecule has 2 nitrogen and oxygen atoms in total. The van der Waals surface area contributed by atoms with Crippen LogP contribution in [0.5, 0.6) is 0 Å². The highest BCUT2D eigenvalue weighted by Crippen LogP contribution is 2.21. The van der Waals surface area contributed by atoms with E-state index in [0.29, 0.717) is 5.92 Å². The Bertz CT molecular complexity index is 331. The highest BCUT2D eigenvalue weighted by Gasteiger charge is 2.12. The predicted octanol–water partition coefficient (Wildman–Crippen LogP) is 2.81. The van der Waals surface area contributed by atoms with Crippen LogP contribution in [0.4, 0.5) is 5.69 Å². The molecule has 3 heteroatoms. The summed E-state index contributed by atoms with van der Waals surface area (Å²) in [4.78, 5) is 2.59. The monoisotopic (exact) mass is 250 g/mol. The molecular weight excluding hydrogens is 228 g/mol. The number of nitrogen functional groups attached to an aromatic ring is 1.